The predicted octanol–water partition coefficient (Wildman–Crippen LogP) is 5.90. The quantitative estimate of drug-likeness (QED) is 0.559. The number of hydrogen-bond donors (Lipinski definition) is 1. The summed E-state index contributed by atoms with van der Waals surface area (Å²) in [4.78, 5) is 15.0. The molecule has 1 aromatic heterocycles. The van der Waals surface area contributed by atoms with Crippen LogP contribution in [0.25, 0.3) is 0 Å². The minimum Gasteiger partial charge on any atom is -0.345 e. The van der Waals surface area contributed by atoms with Gasteiger partial charge in [0.15, 0.2) is 0 Å². The number of urea groups is 1. The van der Waals surface area contributed by atoms with Crippen LogP contribution >= 0.6 is 0 Å². The number of aromatic nitrogens is 1. The van der Waals surface area contributed by atoms with E-state index in [1.165, 1.54) is 11.1 Å². The van der Waals surface area contributed by atoms with Crippen molar-refractivity contribution in [2.24, 2.45) is 0 Å². The van der Waals surface area contributed by atoms with E-state index in [9.17, 15) is 4.79 Å². The van der Waals surface area contributed by atoms with E-state index in [1.54, 1.807) is 0 Å². The van der Waals surface area contributed by atoms with Gasteiger partial charge in [0.1, 0.15) is 0 Å². The molecule has 0 fully saturated rings. The van der Waals surface area contributed by atoms with Crippen molar-refractivity contribution in [2.75, 3.05) is 5.32 Å². The van der Waals surface area contributed by atoms with E-state index in [0.29, 0.717) is 6.54 Å². The van der Waals surface area contributed by atoms with Crippen molar-refractivity contribution < 1.29 is 4.79 Å². The van der Waals surface area contributed by atoms with Gasteiger partial charge in [-0.25, -0.2) is 4.79 Å². The third-order valence-electron chi connectivity index (χ3n) is 5.33. The van der Waals surface area contributed by atoms with Gasteiger partial charge in [0, 0.05) is 30.2 Å². The molecule has 1 heterocycles. The van der Waals surface area contributed by atoms with Crippen LogP contribution < -0.4 is 5.32 Å². The Morgan fingerprint density at radius 2 is 1.62 bits per heavy atom. The molecule has 152 valence electrons. The standard InChI is InChI=1S/C25H31N3O/c1-18(2)28(25(29)26-24-20(4)8-6-9-21(24)5)17-23-10-7-15-27(23)16-22-13-11-19(3)12-14-22/h6-15,18H,16-17H2,1-5H3,(H,26,29). The number of hydrogen-bond acceptors (Lipinski definition) is 1. The predicted molar refractivity (Wildman–Crippen MR) is 120 cm³/mol. The third-order valence-corrected chi connectivity index (χ3v) is 5.33. The first-order chi connectivity index (χ1) is 13.8. The highest BCUT2D eigenvalue weighted by Gasteiger charge is 2.20. The van der Waals surface area contributed by atoms with Gasteiger partial charge in [-0.2, -0.15) is 0 Å². The van der Waals surface area contributed by atoms with Crippen LogP contribution in [0, 0.1) is 20.8 Å². The maximum atomic E-state index is 13.1. The van der Waals surface area contributed by atoms with Gasteiger partial charge in [0.25, 0.3) is 0 Å². The summed E-state index contributed by atoms with van der Waals surface area (Å²) in [5.41, 5.74) is 6.68. The van der Waals surface area contributed by atoms with Gasteiger partial charge in [-0.05, 0) is 63.4 Å². The van der Waals surface area contributed by atoms with E-state index in [4.69, 9.17) is 0 Å². The van der Waals surface area contributed by atoms with Crippen LogP contribution in [0.2, 0.25) is 0 Å². The number of carbonyl (C=O) groups excluding carboxylic acids is 1. The monoisotopic (exact) mass is 389 g/mol. The summed E-state index contributed by atoms with van der Waals surface area (Å²) in [7, 11) is 0. The Hall–Kier alpha value is -3.01. The number of nitrogens with one attached hydrogen (secondary N) is 1. The largest absolute Gasteiger partial charge is 0.345 e. The van der Waals surface area contributed by atoms with Crippen molar-refractivity contribution in [3.05, 3.63) is 88.7 Å². The van der Waals surface area contributed by atoms with Crippen molar-refractivity contribution in [1.82, 2.24) is 9.47 Å². The van der Waals surface area contributed by atoms with Gasteiger partial charge in [-0.15, -0.1) is 0 Å². The molecule has 29 heavy (non-hydrogen) atoms. The normalized spacial score (nSPS) is 11.0. The van der Waals surface area contributed by atoms with Crippen molar-refractivity contribution in [3.8, 4) is 0 Å². The summed E-state index contributed by atoms with van der Waals surface area (Å²) < 4.78 is 2.21. The SMILES string of the molecule is Cc1ccc(Cn2cccc2CN(C(=O)Nc2c(C)cccc2C)C(C)C)cc1. The Morgan fingerprint density at radius 1 is 0.966 bits per heavy atom. The Labute approximate surface area is 174 Å². The van der Waals surface area contributed by atoms with Gasteiger partial charge in [0.2, 0.25) is 0 Å². The number of amides is 2. The molecule has 4 heteroatoms. The average molecular weight is 390 g/mol. The molecule has 2 amide bonds. The first-order valence-corrected chi connectivity index (χ1v) is 10.2. The Bertz CT molecular complexity index is 950. The summed E-state index contributed by atoms with van der Waals surface area (Å²) in [6.45, 7) is 11.6. The lowest BCUT2D eigenvalue weighted by Crippen LogP contribution is -2.40. The van der Waals surface area contributed by atoms with Gasteiger partial charge in [0.05, 0.1) is 6.54 Å². The summed E-state index contributed by atoms with van der Waals surface area (Å²) >= 11 is 0. The molecular formula is C25H31N3O. The number of carbonyl (C=O) groups is 1. The molecule has 3 aromatic rings. The smallest absolute Gasteiger partial charge is 0.322 e. The Balaban J connectivity index is 1.77. The molecule has 0 saturated heterocycles. The fourth-order valence-electron chi connectivity index (χ4n) is 3.49. The Kier molecular flexibility index (Phi) is 6.42. The van der Waals surface area contributed by atoms with Crippen molar-refractivity contribution in [1.29, 1.82) is 0 Å². The molecule has 0 aliphatic rings. The highest BCUT2D eigenvalue weighted by atomic mass is 16.2. The van der Waals surface area contributed by atoms with Crippen LogP contribution in [0.15, 0.2) is 60.8 Å². The molecule has 3 rings (SSSR count). The van der Waals surface area contributed by atoms with Crippen molar-refractivity contribution in [2.45, 2.75) is 53.8 Å². The second kappa shape index (κ2) is 8.99. The van der Waals surface area contributed by atoms with Gasteiger partial charge in [-0.3, -0.25) is 0 Å². The topological polar surface area (TPSA) is 37.3 Å². The van der Waals surface area contributed by atoms with E-state index < -0.39 is 0 Å². The third kappa shape index (κ3) is 5.08. The van der Waals surface area contributed by atoms with Crippen molar-refractivity contribution >= 4 is 11.7 Å². The second-order valence-electron chi connectivity index (χ2n) is 8.03. The lowest BCUT2D eigenvalue weighted by atomic mass is 10.1. The highest BCUT2D eigenvalue weighted by Crippen LogP contribution is 2.21. The summed E-state index contributed by atoms with van der Waals surface area (Å²) in [5, 5.41) is 3.13. The molecule has 0 spiro atoms. The van der Waals surface area contributed by atoms with E-state index in [2.05, 4.69) is 67.2 Å². The summed E-state index contributed by atoms with van der Waals surface area (Å²) in [5.74, 6) is 0. The van der Waals surface area contributed by atoms with Crippen LogP contribution in [-0.4, -0.2) is 21.5 Å². The van der Waals surface area contributed by atoms with E-state index in [0.717, 1.165) is 29.1 Å². The van der Waals surface area contributed by atoms with Crippen LogP contribution in [0.5, 0.6) is 0 Å². The molecule has 0 saturated carbocycles. The zero-order chi connectivity index (χ0) is 21.0. The molecule has 0 aliphatic heterocycles. The number of aryl methyl sites for hydroxylation is 3. The second-order valence-corrected chi connectivity index (χ2v) is 8.03. The number of nitrogens with zero attached hydrogens (tertiary/aromatic N) is 2. The van der Waals surface area contributed by atoms with E-state index in [1.807, 2.05) is 43.0 Å². The number of benzene rings is 2. The van der Waals surface area contributed by atoms with Crippen LogP contribution in [-0.2, 0) is 13.1 Å². The van der Waals surface area contributed by atoms with Crippen LogP contribution in [0.3, 0.4) is 0 Å². The summed E-state index contributed by atoms with van der Waals surface area (Å²) in [6, 6.07) is 18.8. The first-order valence-electron chi connectivity index (χ1n) is 10.2. The fourth-order valence-corrected chi connectivity index (χ4v) is 3.49. The van der Waals surface area contributed by atoms with Gasteiger partial charge < -0.3 is 14.8 Å². The zero-order valence-corrected chi connectivity index (χ0v) is 18.1. The minimum atomic E-state index is -0.0690. The van der Waals surface area contributed by atoms with Crippen LogP contribution in [0.1, 0.15) is 41.8 Å². The van der Waals surface area contributed by atoms with E-state index in [-0.39, 0.29) is 12.1 Å². The van der Waals surface area contributed by atoms with Gasteiger partial charge in [-0.1, -0.05) is 48.0 Å². The molecule has 0 bridgehead atoms. The molecule has 0 radical (unpaired) electrons. The highest BCUT2D eigenvalue weighted by molar-refractivity contribution is 5.91. The molecule has 4 nitrogen and oxygen atoms in total. The summed E-state index contributed by atoms with van der Waals surface area (Å²) in [6.07, 6.45) is 2.08. The lowest BCUT2D eigenvalue weighted by Gasteiger charge is -2.28. The van der Waals surface area contributed by atoms with E-state index >= 15 is 0 Å². The maximum Gasteiger partial charge on any atom is 0.322 e. The molecule has 0 atom stereocenters. The van der Waals surface area contributed by atoms with Crippen molar-refractivity contribution in [3.63, 3.8) is 0 Å². The van der Waals surface area contributed by atoms with Gasteiger partial charge >= 0.3 is 6.03 Å². The molecule has 2 aromatic carbocycles. The lowest BCUT2D eigenvalue weighted by molar-refractivity contribution is 0.192. The molecule has 0 aliphatic carbocycles. The molecule has 1 N–H and O–H groups in total. The number of rotatable bonds is 6. The number of anilines is 1. The minimum absolute atomic E-state index is 0.0690. The Morgan fingerprint density at radius 3 is 2.24 bits per heavy atom. The maximum absolute atomic E-state index is 13.1. The fraction of sp³-hybridized carbons (Fsp3) is 0.320. The first kappa shape index (κ1) is 20.7. The number of para-hydroxylation sites is 1. The molecular weight excluding hydrogens is 358 g/mol. The molecule has 0 unspecified atom stereocenters. The van der Waals surface area contributed by atoms with Crippen LogP contribution in [0.4, 0.5) is 10.5 Å². The average Bonchev–Trinajstić information content (AvgIpc) is 3.11. The zero-order valence-electron chi connectivity index (χ0n) is 18.1.